The van der Waals surface area contributed by atoms with Crippen LogP contribution in [-0.2, 0) is 26.1 Å². The fourth-order valence-corrected chi connectivity index (χ4v) is 8.95. The molecule has 0 amide bonds. The Kier molecular flexibility index (Phi) is 16.5. The lowest BCUT2D eigenvalue weighted by molar-refractivity contribution is 0.282. The molecule has 0 aromatic heterocycles. The molecular weight excluding hydrogens is 785 g/mol. The van der Waals surface area contributed by atoms with Crippen LogP contribution in [0.1, 0.15) is 68.5 Å². The maximum Gasteiger partial charge on any atom is 0.126 e. The molecule has 0 atom stereocenters. The molecule has 64 heavy (non-hydrogen) atoms. The number of para-hydroxylation sites is 2. The van der Waals surface area contributed by atoms with Crippen LogP contribution in [0, 0.1) is 41.5 Å². The van der Waals surface area contributed by atoms with Crippen molar-refractivity contribution in [1.82, 2.24) is 0 Å². The van der Waals surface area contributed by atoms with E-state index in [4.69, 9.17) is 0 Å². The van der Waals surface area contributed by atoms with Crippen LogP contribution in [0.4, 0.5) is 0 Å². The second-order valence-electron chi connectivity index (χ2n) is 16.7. The zero-order chi connectivity index (χ0) is 45.6. The van der Waals surface area contributed by atoms with Crippen LogP contribution in [0.2, 0.25) is 0 Å². The predicted octanol–water partition coefficient (Wildman–Crippen LogP) is 14.5. The number of aromatic hydroxyl groups is 2. The van der Waals surface area contributed by atoms with Crippen LogP contribution in [0.5, 0.6) is 11.5 Å². The van der Waals surface area contributed by atoms with Gasteiger partial charge in [-0.05, 0) is 145 Å². The fourth-order valence-electron chi connectivity index (χ4n) is 8.95. The highest BCUT2D eigenvalue weighted by molar-refractivity contribution is 5.78. The van der Waals surface area contributed by atoms with Crippen molar-refractivity contribution in [2.75, 3.05) is 0 Å². The average molecular weight is 847 g/mol. The lowest BCUT2D eigenvalue weighted by Crippen LogP contribution is -1.96. The predicted molar refractivity (Wildman–Crippen MR) is 268 cm³/mol. The number of aryl methyl sites for hydroxylation is 8. The quantitative estimate of drug-likeness (QED) is 0.0978. The summed E-state index contributed by atoms with van der Waals surface area (Å²) in [6, 6.07) is 56.9. The Morgan fingerprint density at radius 3 is 0.969 bits per heavy atom. The Morgan fingerprint density at radius 1 is 0.328 bits per heavy atom. The summed E-state index contributed by atoms with van der Waals surface area (Å²) in [6.45, 7) is 12.8. The molecule has 0 aliphatic rings. The Bertz CT molecular complexity index is 2530. The normalized spacial score (nSPS) is 10.7. The first-order valence-electron chi connectivity index (χ1n) is 22.3. The molecule has 0 aliphatic carbocycles. The molecule has 0 fully saturated rings. The van der Waals surface area contributed by atoms with Crippen molar-refractivity contribution >= 4 is 0 Å². The SMILES string of the molecule is Cc1cc(C)c(-c2cccc(CCCCc3cccc(-c4c(C)cc(C)cc4C)c3O)c2O)c(C)c1.OCc1ccccc1-c1ccccc1.OCc1ccccc1-c1ccccc1. The Labute approximate surface area is 380 Å². The molecule has 0 spiro atoms. The third kappa shape index (κ3) is 11.6. The van der Waals surface area contributed by atoms with Crippen molar-refractivity contribution in [1.29, 1.82) is 0 Å². The van der Waals surface area contributed by atoms with Crippen LogP contribution < -0.4 is 0 Å². The van der Waals surface area contributed by atoms with Gasteiger partial charge in [0.15, 0.2) is 0 Å². The third-order valence-corrected chi connectivity index (χ3v) is 11.8. The molecule has 0 heterocycles. The van der Waals surface area contributed by atoms with Crippen LogP contribution in [0.15, 0.2) is 170 Å². The van der Waals surface area contributed by atoms with E-state index in [2.05, 4.69) is 90.1 Å². The van der Waals surface area contributed by atoms with Gasteiger partial charge in [-0.1, -0.05) is 181 Å². The summed E-state index contributed by atoms with van der Waals surface area (Å²) in [5.41, 5.74) is 19.7. The number of aliphatic hydroxyl groups is 2. The molecule has 0 saturated carbocycles. The van der Waals surface area contributed by atoms with E-state index in [0.29, 0.717) is 11.5 Å². The molecule has 0 unspecified atom stereocenters. The van der Waals surface area contributed by atoms with Gasteiger partial charge in [-0.2, -0.15) is 0 Å². The number of phenols is 2. The van der Waals surface area contributed by atoms with E-state index in [-0.39, 0.29) is 13.2 Å². The minimum atomic E-state index is 0.0884. The van der Waals surface area contributed by atoms with Crippen molar-refractivity contribution in [3.8, 4) is 56.0 Å². The average Bonchev–Trinajstić information content (AvgIpc) is 3.30. The van der Waals surface area contributed by atoms with E-state index in [1.165, 1.54) is 33.4 Å². The number of benzene rings is 8. The van der Waals surface area contributed by atoms with E-state index in [0.717, 1.165) is 92.4 Å². The molecule has 326 valence electrons. The Balaban J connectivity index is 0.000000196. The van der Waals surface area contributed by atoms with E-state index in [1.807, 2.05) is 121 Å². The first kappa shape index (κ1) is 46.8. The number of rotatable bonds is 11. The summed E-state index contributed by atoms with van der Waals surface area (Å²) in [4.78, 5) is 0. The van der Waals surface area contributed by atoms with Gasteiger partial charge in [0.05, 0.1) is 13.2 Å². The molecule has 8 aromatic carbocycles. The van der Waals surface area contributed by atoms with Gasteiger partial charge in [-0.3, -0.25) is 0 Å². The molecular formula is C60H62O4. The van der Waals surface area contributed by atoms with Crippen molar-refractivity contribution in [2.24, 2.45) is 0 Å². The van der Waals surface area contributed by atoms with Gasteiger partial charge in [-0.15, -0.1) is 0 Å². The van der Waals surface area contributed by atoms with Crippen molar-refractivity contribution in [3.63, 3.8) is 0 Å². The zero-order valence-electron chi connectivity index (χ0n) is 38.2. The monoisotopic (exact) mass is 846 g/mol. The minimum absolute atomic E-state index is 0.0884. The number of hydrogen-bond donors (Lipinski definition) is 4. The topological polar surface area (TPSA) is 80.9 Å². The largest absolute Gasteiger partial charge is 0.507 e. The lowest BCUT2D eigenvalue weighted by Gasteiger charge is -2.16. The van der Waals surface area contributed by atoms with E-state index in [1.54, 1.807) is 0 Å². The van der Waals surface area contributed by atoms with Crippen LogP contribution in [0.3, 0.4) is 0 Å². The van der Waals surface area contributed by atoms with Crippen molar-refractivity contribution in [3.05, 3.63) is 225 Å². The number of aliphatic hydroxyl groups excluding tert-OH is 2. The molecule has 0 bridgehead atoms. The van der Waals surface area contributed by atoms with Crippen LogP contribution in [-0.4, -0.2) is 20.4 Å². The van der Waals surface area contributed by atoms with E-state index in [9.17, 15) is 20.4 Å². The van der Waals surface area contributed by atoms with Crippen molar-refractivity contribution < 1.29 is 20.4 Å². The first-order chi connectivity index (χ1) is 31.0. The molecule has 0 radical (unpaired) electrons. The summed E-state index contributed by atoms with van der Waals surface area (Å²) in [6.07, 6.45) is 3.49. The molecule has 0 aliphatic heterocycles. The third-order valence-electron chi connectivity index (χ3n) is 11.8. The summed E-state index contributed by atoms with van der Waals surface area (Å²) in [5, 5.41) is 40.6. The van der Waals surface area contributed by atoms with Gasteiger partial charge in [0.1, 0.15) is 11.5 Å². The molecule has 8 rings (SSSR count). The summed E-state index contributed by atoms with van der Waals surface area (Å²) in [5.74, 6) is 0.783. The summed E-state index contributed by atoms with van der Waals surface area (Å²) >= 11 is 0. The number of hydrogen-bond acceptors (Lipinski definition) is 4. The van der Waals surface area contributed by atoms with E-state index >= 15 is 0 Å². The van der Waals surface area contributed by atoms with Gasteiger partial charge in [-0.25, -0.2) is 0 Å². The number of unbranched alkanes of at least 4 members (excludes halogenated alkanes) is 1. The fraction of sp³-hybridized carbons (Fsp3) is 0.200. The van der Waals surface area contributed by atoms with E-state index < -0.39 is 0 Å². The van der Waals surface area contributed by atoms with Crippen LogP contribution >= 0.6 is 0 Å². The zero-order valence-corrected chi connectivity index (χ0v) is 38.2. The Hall–Kier alpha value is -6.72. The van der Waals surface area contributed by atoms with Crippen molar-refractivity contribution in [2.45, 2.75) is 80.4 Å². The molecule has 8 aromatic rings. The molecule has 0 saturated heterocycles. The highest BCUT2D eigenvalue weighted by Gasteiger charge is 2.16. The lowest BCUT2D eigenvalue weighted by atomic mass is 9.90. The standard InChI is InChI=1S/C34H38O2.2C13H12O/c1-21-17-23(3)31(24(4)18-21)29-15-9-13-27(33(29)35)11-7-8-12-28-14-10-16-30(34(28)36)32-25(5)19-22(2)20-26(32)6;2*14-10-12-8-4-5-9-13(12)11-6-2-1-3-7-11/h9-10,13-20,35-36H,7-8,11-12H2,1-6H3;2*1-9,14H,10H2. The van der Waals surface area contributed by atoms with Gasteiger partial charge in [0, 0.05) is 11.1 Å². The maximum atomic E-state index is 11.1. The second kappa shape index (κ2) is 22.6. The summed E-state index contributed by atoms with van der Waals surface area (Å²) in [7, 11) is 0. The summed E-state index contributed by atoms with van der Waals surface area (Å²) < 4.78 is 0. The highest BCUT2D eigenvalue weighted by Crippen LogP contribution is 2.39. The van der Waals surface area contributed by atoms with Gasteiger partial charge >= 0.3 is 0 Å². The first-order valence-corrected chi connectivity index (χ1v) is 22.3. The highest BCUT2D eigenvalue weighted by atomic mass is 16.3. The van der Waals surface area contributed by atoms with Gasteiger partial charge in [0.2, 0.25) is 0 Å². The molecule has 4 nitrogen and oxygen atoms in total. The van der Waals surface area contributed by atoms with Crippen LogP contribution in [0.25, 0.3) is 44.5 Å². The van der Waals surface area contributed by atoms with Gasteiger partial charge < -0.3 is 20.4 Å². The number of phenolic OH excluding ortho intramolecular Hbond substituents is 2. The second-order valence-corrected chi connectivity index (χ2v) is 16.7. The molecule has 4 N–H and O–H groups in total. The maximum absolute atomic E-state index is 11.1. The smallest absolute Gasteiger partial charge is 0.126 e. The van der Waals surface area contributed by atoms with Gasteiger partial charge in [0.25, 0.3) is 0 Å². The minimum Gasteiger partial charge on any atom is -0.507 e. The molecule has 4 heteroatoms. The Morgan fingerprint density at radius 2 is 0.625 bits per heavy atom.